The number of anilines is 1. The summed E-state index contributed by atoms with van der Waals surface area (Å²) in [5.74, 6) is 2.01. The maximum absolute atomic E-state index is 5.29. The highest BCUT2D eigenvalue weighted by Gasteiger charge is 2.15. The van der Waals surface area contributed by atoms with Crippen molar-refractivity contribution in [3.63, 3.8) is 0 Å². The molecule has 0 saturated carbocycles. The summed E-state index contributed by atoms with van der Waals surface area (Å²) in [5, 5.41) is 3.86. The van der Waals surface area contributed by atoms with Crippen molar-refractivity contribution in [3.8, 4) is 11.5 Å². The molecule has 0 radical (unpaired) electrons. The number of hydrogen-bond donors (Lipinski definition) is 0. The molecule has 0 spiro atoms. The second kappa shape index (κ2) is 7.05. The molecule has 3 aromatic rings. The zero-order valence-corrected chi connectivity index (χ0v) is 13.4. The van der Waals surface area contributed by atoms with E-state index in [2.05, 4.69) is 44.3 Å². The zero-order valence-electron chi connectivity index (χ0n) is 13.4. The van der Waals surface area contributed by atoms with Gasteiger partial charge in [0.2, 0.25) is 0 Å². The first-order valence-corrected chi connectivity index (χ1v) is 7.75. The average Bonchev–Trinajstić information content (AvgIpc) is 3.02. The molecule has 2 aromatic heterocycles. The van der Waals surface area contributed by atoms with Crippen LogP contribution in [-0.4, -0.2) is 28.7 Å². The van der Waals surface area contributed by atoms with Crippen molar-refractivity contribution < 1.29 is 4.52 Å². The van der Waals surface area contributed by atoms with E-state index in [4.69, 9.17) is 4.52 Å². The Labute approximate surface area is 136 Å². The lowest BCUT2D eigenvalue weighted by molar-refractivity contribution is 0.425. The van der Waals surface area contributed by atoms with Gasteiger partial charge < -0.3 is 9.42 Å². The molecule has 0 aliphatic carbocycles. The third kappa shape index (κ3) is 3.74. The molecule has 1 aromatic carbocycles. The summed E-state index contributed by atoms with van der Waals surface area (Å²) in [6.07, 6.45) is 3.89. The van der Waals surface area contributed by atoms with E-state index in [0.717, 1.165) is 30.8 Å². The van der Waals surface area contributed by atoms with Crippen LogP contribution in [0.1, 0.15) is 17.8 Å². The normalized spacial score (nSPS) is 10.7. The number of aromatic nitrogens is 3. The molecule has 0 fully saturated rings. The summed E-state index contributed by atoms with van der Waals surface area (Å²) in [6.45, 7) is 2.72. The minimum absolute atomic E-state index is 0.514. The van der Waals surface area contributed by atoms with Gasteiger partial charge in [0.1, 0.15) is 5.82 Å². The van der Waals surface area contributed by atoms with Gasteiger partial charge in [0.25, 0.3) is 5.89 Å². The molecule has 5 heteroatoms. The van der Waals surface area contributed by atoms with E-state index in [-0.39, 0.29) is 0 Å². The van der Waals surface area contributed by atoms with Gasteiger partial charge in [-0.3, -0.25) is 0 Å². The van der Waals surface area contributed by atoms with Crippen LogP contribution in [0.15, 0.2) is 53.2 Å². The van der Waals surface area contributed by atoms with Crippen LogP contribution in [0.4, 0.5) is 5.82 Å². The number of nitrogens with zero attached hydrogens (tertiary/aromatic N) is 4. The Morgan fingerprint density at radius 1 is 1.09 bits per heavy atom. The molecule has 5 nitrogen and oxygen atoms in total. The molecule has 0 N–H and O–H groups in total. The van der Waals surface area contributed by atoms with E-state index < -0.39 is 0 Å². The van der Waals surface area contributed by atoms with E-state index in [1.807, 2.05) is 32.2 Å². The number of pyridine rings is 1. The molecule has 0 aliphatic heterocycles. The minimum Gasteiger partial charge on any atom is -0.359 e. The van der Waals surface area contributed by atoms with Gasteiger partial charge in [-0.2, -0.15) is 4.98 Å². The van der Waals surface area contributed by atoms with Crippen LogP contribution < -0.4 is 4.90 Å². The highest BCUT2D eigenvalue weighted by Crippen LogP contribution is 2.26. The lowest BCUT2D eigenvalue weighted by Crippen LogP contribution is -2.21. The fraction of sp³-hybridized carbons (Fsp3) is 0.278. The van der Waals surface area contributed by atoms with Crippen molar-refractivity contribution in [3.05, 3.63) is 60.0 Å². The second-order valence-corrected chi connectivity index (χ2v) is 5.53. The zero-order chi connectivity index (χ0) is 16.1. The topological polar surface area (TPSA) is 55.1 Å². The highest BCUT2D eigenvalue weighted by molar-refractivity contribution is 5.69. The van der Waals surface area contributed by atoms with Crippen LogP contribution in [-0.2, 0) is 6.42 Å². The fourth-order valence-electron chi connectivity index (χ4n) is 2.55. The van der Waals surface area contributed by atoms with Crippen LogP contribution in [0.2, 0.25) is 0 Å². The smallest absolute Gasteiger partial charge is 0.261 e. The van der Waals surface area contributed by atoms with Gasteiger partial charge in [-0.1, -0.05) is 35.5 Å². The van der Waals surface area contributed by atoms with Crippen LogP contribution in [0.5, 0.6) is 0 Å². The predicted molar refractivity (Wildman–Crippen MR) is 90.3 cm³/mol. The molecule has 0 atom stereocenters. The third-order valence-corrected chi connectivity index (χ3v) is 3.71. The van der Waals surface area contributed by atoms with Gasteiger partial charge in [0.15, 0.2) is 5.82 Å². The van der Waals surface area contributed by atoms with Crippen molar-refractivity contribution >= 4 is 5.82 Å². The second-order valence-electron chi connectivity index (χ2n) is 5.53. The predicted octanol–water partition coefficient (Wildman–Crippen LogP) is 3.51. The van der Waals surface area contributed by atoms with Crippen LogP contribution in [0, 0.1) is 6.92 Å². The number of aryl methyl sites for hydroxylation is 2. The molecular formula is C18H20N4O. The Morgan fingerprint density at radius 2 is 1.91 bits per heavy atom. The van der Waals surface area contributed by atoms with Crippen LogP contribution >= 0.6 is 0 Å². The van der Waals surface area contributed by atoms with Crippen LogP contribution in [0.3, 0.4) is 0 Å². The van der Waals surface area contributed by atoms with Gasteiger partial charge in [-0.25, -0.2) is 4.98 Å². The average molecular weight is 308 g/mol. The molecular weight excluding hydrogens is 288 g/mol. The Morgan fingerprint density at radius 3 is 2.65 bits per heavy atom. The third-order valence-electron chi connectivity index (χ3n) is 3.71. The maximum Gasteiger partial charge on any atom is 0.261 e. The number of rotatable bonds is 6. The van der Waals surface area contributed by atoms with E-state index in [1.165, 1.54) is 5.56 Å². The number of benzene rings is 1. The first-order chi connectivity index (χ1) is 11.2. The van der Waals surface area contributed by atoms with E-state index in [1.54, 1.807) is 6.20 Å². The van der Waals surface area contributed by atoms with Crippen molar-refractivity contribution in [1.82, 2.24) is 15.1 Å². The molecule has 23 heavy (non-hydrogen) atoms. The van der Waals surface area contributed by atoms with Crippen molar-refractivity contribution in [1.29, 1.82) is 0 Å². The molecule has 3 rings (SSSR count). The summed E-state index contributed by atoms with van der Waals surface area (Å²) in [6, 6.07) is 14.4. The fourth-order valence-corrected chi connectivity index (χ4v) is 2.55. The van der Waals surface area contributed by atoms with Gasteiger partial charge in [-0.15, -0.1) is 0 Å². The molecule has 2 heterocycles. The Kier molecular flexibility index (Phi) is 4.66. The first-order valence-electron chi connectivity index (χ1n) is 7.75. The van der Waals surface area contributed by atoms with Gasteiger partial charge >= 0.3 is 0 Å². The summed E-state index contributed by atoms with van der Waals surface area (Å²) in [4.78, 5) is 10.9. The van der Waals surface area contributed by atoms with Crippen molar-refractivity contribution in [2.24, 2.45) is 0 Å². The van der Waals surface area contributed by atoms with Crippen molar-refractivity contribution in [2.75, 3.05) is 18.5 Å². The monoisotopic (exact) mass is 308 g/mol. The lowest BCUT2D eigenvalue weighted by Gasteiger charge is -2.19. The van der Waals surface area contributed by atoms with E-state index >= 15 is 0 Å². The Bertz CT molecular complexity index is 754. The van der Waals surface area contributed by atoms with E-state index in [0.29, 0.717) is 11.7 Å². The lowest BCUT2D eigenvalue weighted by atomic mass is 10.1. The van der Waals surface area contributed by atoms with Gasteiger partial charge in [0.05, 0.1) is 5.56 Å². The van der Waals surface area contributed by atoms with Crippen LogP contribution in [0.25, 0.3) is 11.5 Å². The first kappa shape index (κ1) is 15.2. The van der Waals surface area contributed by atoms with Gasteiger partial charge in [0, 0.05) is 19.8 Å². The summed E-state index contributed by atoms with van der Waals surface area (Å²) >= 11 is 0. The summed E-state index contributed by atoms with van der Waals surface area (Å²) < 4.78 is 5.29. The standard InChI is InChI=1S/C18H20N4O/c1-14-20-18(23-21-14)16-11-6-12-19-17(16)22(2)13-7-10-15-8-4-3-5-9-15/h3-6,8-9,11-12H,7,10,13H2,1-2H3. The molecule has 118 valence electrons. The number of hydrogen-bond acceptors (Lipinski definition) is 5. The highest BCUT2D eigenvalue weighted by atomic mass is 16.5. The molecule has 0 unspecified atom stereocenters. The Balaban J connectivity index is 1.69. The molecule has 0 saturated heterocycles. The largest absolute Gasteiger partial charge is 0.359 e. The quantitative estimate of drug-likeness (QED) is 0.697. The van der Waals surface area contributed by atoms with Gasteiger partial charge in [-0.05, 0) is 37.5 Å². The summed E-state index contributed by atoms with van der Waals surface area (Å²) in [5.41, 5.74) is 2.23. The molecule has 0 bridgehead atoms. The Hall–Kier alpha value is -2.69. The minimum atomic E-state index is 0.514. The molecule has 0 amide bonds. The summed E-state index contributed by atoms with van der Waals surface area (Å²) in [7, 11) is 2.04. The van der Waals surface area contributed by atoms with Crippen molar-refractivity contribution in [2.45, 2.75) is 19.8 Å². The maximum atomic E-state index is 5.29. The van der Waals surface area contributed by atoms with E-state index in [9.17, 15) is 0 Å². The SMILES string of the molecule is Cc1noc(-c2cccnc2N(C)CCCc2ccccc2)n1. The molecule has 0 aliphatic rings.